The van der Waals surface area contributed by atoms with Gasteiger partial charge in [-0.15, -0.1) is 0 Å². The van der Waals surface area contributed by atoms with Crippen molar-refractivity contribution in [3.63, 3.8) is 0 Å². The monoisotopic (exact) mass is 475 g/mol. The fourth-order valence-corrected chi connectivity index (χ4v) is 6.09. The standard InChI is InChI=1S/C32H45NO2/c1-2-3-4-5-6-7-8-9-10-11-12-13-14-15-16-17-24-33-31(34)27-22-20-25-18-19-26-21-23-28(32(33)35)30(27)29(25)26/h20-23H,2-19,24H2,1H3. The summed E-state index contributed by atoms with van der Waals surface area (Å²) < 4.78 is 0. The summed E-state index contributed by atoms with van der Waals surface area (Å²) in [6.07, 6.45) is 23.2. The molecule has 2 amide bonds. The van der Waals surface area contributed by atoms with Gasteiger partial charge in [0.15, 0.2) is 0 Å². The van der Waals surface area contributed by atoms with Crippen molar-refractivity contribution in [1.82, 2.24) is 4.90 Å². The van der Waals surface area contributed by atoms with Crippen LogP contribution in [-0.4, -0.2) is 23.3 Å². The lowest BCUT2D eigenvalue weighted by atomic mass is 9.91. The van der Waals surface area contributed by atoms with Gasteiger partial charge in [-0.3, -0.25) is 14.5 Å². The molecule has 4 rings (SSSR count). The number of imide groups is 1. The second-order valence-corrected chi connectivity index (χ2v) is 10.9. The molecule has 0 saturated carbocycles. The summed E-state index contributed by atoms with van der Waals surface area (Å²) >= 11 is 0. The fraction of sp³-hybridized carbons (Fsp3) is 0.625. The van der Waals surface area contributed by atoms with E-state index >= 15 is 0 Å². The number of hydrogen-bond acceptors (Lipinski definition) is 2. The molecule has 0 N–H and O–H groups in total. The molecule has 190 valence electrons. The smallest absolute Gasteiger partial charge is 0.261 e. The van der Waals surface area contributed by atoms with Gasteiger partial charge in [-0.1, -0.05) is 115 Å². The third kappa shape index (κ3) is 6.35. The van der Waals surface area contributed by atoms with Crippen molar-refractivity contribution >= 4 is 22.6 Å². The Balaban J connectivity index is 1.08. The summed E-state index contributed by atoms with van der Waals surface area (Å²) in [6, 6.07) is 8.09. The van der Waals surface area contributed by atoms with Crippen LogP contribution in [0.2, 0.25) is 0 Å². The van der Waals surface area contributed by atoms with E-state index in [1.54, 1.807) is 0 Å². The summed E-state index contributed by atoms with van der Waals surface area (Å²) in [6.45, 7) is 2.82. The first-order valence-electron chi connectivity index (χ1n) is 14.7. The van der Waals surface area contributed by atoms with Crippen LogP contribution in [0.1, 0.15) is 141 Å². The van der Waals surface area contributed by atoms with E-state index in [1.807, 2.05) is 12.1 Å². The Bertz CT molecular complexity index is 950. The number of benzene rings is 2. The van der Waals surface area contributed by atoms with E-state index in [4.69, 9.17) is 0 Å². The highest BCUT2D eigenvalue weighted by molar-refractivity contribution is 6.26. The van der Waals surface area contributed by atoms with Gasteiger partial charge in [-0.05, 0) is 47.9 Å². The fourth-order valence-electron chi connectivity index (χ4n) is 6.09. The minimum Gasteiger partial charge on any atom is -0.274 e. The molecule has 0 unspecified atom stereocenters. The maximum atomic E-state index is 13.2. The topological polar surface area (TPSA) is 37.4 Å². The summed E-state index contributed by atoms with van der Waals surface area (Å²) in [5.41, 5.74) is 4.01. The highest BCUT2D eigenvalue weighted by Gasteiger charge is 2.34. The third-order valence-electron chi connectivity index (χ3n) is 8.18. The van der Waals surface area contributed by atoms with Gasteiger partial charge in [0.2, 0.25) is 0 Å². The van der Waals surface area contributed by atoms with Crippen molar-refractivity contribution in [2.24, 2.45) is 0 Å². The van der Waals surface area contributed by atoms with Gasteiger partial charge in [0.1, 0.15) is 0 Å². The zero-order valence-corrected chi connectivity index (χ0v) is 22.0. The van der Waals surface area contributed by atoms with Crippen molar-refractivity contribution < 1.29 is 9.59 Å². The number of hydrogen-bond donors (Lipinski definition) is 0. The lowest BCUT2D eigenvalue weighted by Gasteiger charge is -2.27. The molecular weight excluding hydrogens is 430 g/mol. The van der Waals surface area contributed by atoms with Crippen molar-refractivity contribution in [3.05, 3.63) is 46.5 Å². The van der Waals surface area contributed by atoms with Crippen LogP contribution < -0.4 is 0 Å². The predicted molar refractivity (Wildman–Crippen MR) is 146 cm³/mol. The maximum Gasteiger partial charge on any atom is 0.261 e. The number of carbonyl (C=O) groups is 2. The number of nitrogens with zero attached hydrogens (tertiary/aromatic N) is 1. The molecule has 0 atom stereocenters. The first-order valence-corrected chi connectivity index (χ1v) is 14.7. The van der Waals surface area contributed by atoms with Crippen LogP contribution in [0.3, 0.4) is 0 Å². The lowest BCUT2D eigenvalue weighted by Crippen LogP contribution is -2.40. The Kier molecular flexibility index (Phi) is 9.80. The van der Waals surface area contributed by atoms with Crippen LogP contribution in [0.25, 0.3) is 10.8 Å². The minimum absolute atomic E-state index is 0.0981. The Hall–Kier alpha value is -2.16. The molecule has 2 aromatic rings. The summed E-state index contributed by atoms with van der Waals surface area (Å²) in [5, 5.41) is 2.08. The van der Waals surface area contributed by atoms with Crippen LogP contribution in [0.5, 0.6) is 0 Å². The van der Waals surface area contributed by atoms with Crippen molar-refractivity contribution in [1.29, 1.82) is 0 Å². The van der Waals surface area contributed by atoms with Crippen molar-refractivity contribution in [2.75, 3.05) is 6.54 Å². The largest absolute Gasteiger partial charge is 0.274 e. The van der Waals surface area contributed by atoms with E-state index in [2.05, 4.69) is 19.1 Å². The minimum atomic E-state index is -0.0981. The van der Waals surface area contributed by atoms with E-state index < -0.39 is 0 Å². The molecule has 1 heterocycles. The van der Waals surface area contributed by atoms with Gasteiger partial charge in [0, 0.05) is 23.1 Å². The lowest BCUT2D eigenvalue weighted by molar-refractivity contribution is 0.0607. The molecule has 0 bridgehead atoms. The maximum absolute atomic E-state index is 13.2. The summed E-state index contributed by atoms with van der Waals surface area (Å²) in [7, 11) is 0. The molecule has 0 spiro atoms. The van der Waals surface area contributed by atoms with Crippen LogP contribution in [0.4, 0.5) is 0 Å². The molecule has 2 aromatic carbocycles. The number of carbonyl (C=O) groups excluding carboxylic acids is 2. The SMILES string of the molecule is CCCCCCCCCCCCCCCCCCN1C(=O)c2ccc3c4c(ccc(c24)C1=O)CC3. The molecule has 2 aliphatic rings. The van der Waals surface area contributed by atoms with Crippen molar-refractivity contribution in [2.45, 2.75) is 122 Å². The Morgan fingerprint density at radius 3 is 1.37 bits per heavy atom. The Labute approximate surface area is 212 Å². The number of amides is 2. The first kappa shape index (κ1) is 25.9. The average molecular weight is 476 g/mol. The zero-order chi connectivity index (χ0) is 24.5. The number of aryl methyl sites for hydroxylation is 2. The van der Waals surface area contributed by atoms with E-state index in [0.717, 1.165) is 42.2 Å². The van der Waals surface area contributed by atoms with E-state index in [-0.39, 0.29) is 11.8 Å². The molecule has 0 fully saturated rings. The molecule has 35 heavy (non-hydrogen) atoms. The third-order valence-corrected chi connectivity index (χ3v) is 8.18. The van der Waals surface area contributed by atoms with Gasteiger partial charge >= 0.3 is 0 Å². The molecule has 3 heteroatoms. The quantitative estimate of drug-likeness (QED) is 0.169. The van der Waals surface area contributed by atoms with E-state index in [1.165, 1.54) is 111 Å². The average Bonchev–Trinajstić information content (AvgIpc) is 3.30. The van der Waals surface area contributed by atoms with E-state index in [9.17, 15) is 9.59 Å². The first-order chi connectivity index (χ1) is 17.2. The molecular formula is C32H45NO2. The van der Waals surface area contributed by atoms with Gasteiger partial charge in [-0.2, -0.15) is 0 Å². The van der Waals surface area contributed by atoms with Gasteiger partial charge < -0.3 is 0 Å². The second kappa shape index (κ2) is 13.2. The Morgan fingerprint density at radius 1 is 0.543 bits per heavy atom. The summed E-state index contributed by atoms with van der Waals surface area (Å²) in [5.74, 6) is -0.196. The van der Waals surface area contributed by atoms with Crippen LogP contribution in [-0.2, 0) is 12.8 Å². The number of rotatable bonds is 17. The molecule has 0 aromatic heterocycles. The van der Waals surface area contributed by atoms with Gasteiger partial charge in [0.25, 0.3) is 11.8 Å². The highest BCUT2D eigenvalue weighted by atomic mass is 16.2. The molecule has 1 aliphatic heterocycles. The van der Waals surface area contributed by atoms with Gasteiger partial charge in [0.05, 0.1) is 0 Å². The molecule has 0 saturated heterocycles. The second-order valence-electron chi connectivity index (χ2n) is 10.9. The predicted octanol–water partition coefficient (Wildman–Crippen LogP) is 8.80. The summed E-state index contributed by atoms with van der Waals surface area (Å²) in [4.78, 5) is 27.8. The van der Waals surface area contributed by atoms with E-state index in [0.29, 0.717) is 6.54 Å². The Morgan fingerprint density at radius 2 is 0.943 bits per heavy atom. The van der Waals surface area contributed by atoms with Crippen LogP contribution in [0.15, 0.2) is 24.3 Å². The van der Waals surface area contributed by atoms with Crippen LogP contribution >= 0.6 is 0 Å². The van der Waals surface area contributed by atoms with Gasteiger partial charge in [-0.25, -0.2) is 0 Å². The molecule has 1 aliphatic carbocycles. The van der Waals surface area contributed by atoms with Crippen molar-refractivity contribution in [3.8, 4) is 0 Å². The van der Waals surface area contributed by atoms with Crippen LogP contribution in [0, 0.1) is 0 Å². The number of unbranched alkanes of at least 4 members (excludes halogenated alkanes) is 15. The zero-order valence-electron chi connectivity index (χ0n) is 22.0. The normalized spacial score (nSPS) is 14.5. The molecule has 0 radical (unpaired) electrons. The molecule has 3 nitrogen and oxygen atoms in total. The highest BCUT2D eigenvalue weighted by Crippen LogP contribution is 2.38.